The van der Waals surface area contributed by atoms with E-state index < -0.39 is 17.8 Å². The Morgan fingerprint density at radius 2 is 2.07 bits per heavy atom. The van der Waals surface area contributed by atoms with E-state index in [1.54, 1.807) is 0 Å². The number of nitrogens with two attached hydrogens (primary N) is 2. The number of nitrogens with one attached hydrogen (secondary N) is 1. The third kappa shape index (κ3) is 1.98. The fourth-order valence-corrected chi connectivity index (χ4v) is 1.00. The van der Waals surface area contributed by atoms with Crippen LogP contribution in [-0.4, -0.2) is 12.0 Å². The monoisotopic (exact) mass is 196 g/mol. The van der Waals surface area contributed by atoms with Gasteiger partial charge in [-0.05, 0) is 18.2 Å². The molecule has 1 rings (SSSR count). The molecule has 0 aliphatic heterocycles. The maximum atomic E-state index is 12.8. The molecule has 0 bridgehead atoms. The molecule has 0 spiro atoms. The SMILES string of the molecule is N=C(N)N(C(N)=O)c1cccc(F)c1. The van der Waals surface area contributed by atoms with Gasteiger partial charge in [-0.25, -0.2) is 14.1 Å². The Morgan fingerprint density at radius 3 is 2.50 bits per heavy atom. The highest BCUT2D eigenvalue weighted by atomic mass is 19.1. The van der Waals surface area contributed by atoms with E-state index >= 15 is 0 Å². The predicted octanol–water partition coefficient (Wildman–Crippen LogP) is 0.604. The Labute approximate surface area is 79.6 Å². The maximum Gasteiger partial charge on any atom is 0.326 e. The molecule has 5 N–H and O–H groups in total. The zero-order valence-corrected chi connectivity index (χ0v) is 7.20. The van der Waals surface area contributed by atoms with Crippen LogP contribution in [-0.2, 0) is 0 Å². The molecule has 0 fully saturated rings. The summed E-state index contributed by atoms with van der Waals surface area (Å²) in [5.41, 5.74) is 10.2. The summed E-state index contributed by atoms with van der Waals surface area (Å²) in [4.78, 5) is 11.6. The summed E-state index contributed by atoms with van der Waals surface area (Å²) in [7, 11) is 0. The van der Waals surface area contributed by atoms with E-state index in [4.69, 9.17) is 16.9 Å². The third-order valence-electron chi connectivity index (χ3n) is 1.53. The molecular formula is C8H9FN4O. The summed E-state index contributed by atoms with van der Waals surface area (Å²) < 4.78 is 12.8. The number of nitrogens with zero attached hydrogens (tertiary/aromatic N) is 1. The number of urea groups is 1. The lowest BCUT2D eigenvalue weighted by Crippen LogP contribution is -2.44. The summed E-state index contributed by atoms with van der Waals surface area (Å²) in [5, 5.41) is 7.07. The number of rotatable bonds is 1. The lowest BCUT2D eigenvalue weighted by atomic mass is 10.3. The van der Waals surface area contributed by atoms with Crippen molar-refractivity contribution in [3.63, 3.8) is 0 Å². The highest BCUT2D eigenvalue weighted by molar-refractivity contribution is 6.13. The average molecular weight is 196 g/mol. The second-order valence-electron chi connectivity index (χ2n) is 2.54. The van der Waals surface area contributed by atoms with Crippen molar-refractivity contribution in [1.82, 2.24) is 0 Å². The van der Waals surface area contributed by atoms with Crippen molar-refractivity contribution >= 4 is 17.7 Å². The van der Waals surface area contributed by atoms with Gasteiger partial charge in [0.2, 0.25) is 5.96 Å². The smallest absolute Gasteiger partial charge is 0.326 e. The number of primary amides is 1. The minimum absolute atomic E-state index is 0.130. The fraction of sp³-hybridized carbons (Fsp3) is 0. The Hall–Kier alpha value is -2.11. The third-order valence-corrected chi connectivity index (χ3v) is 1.53. The molecule has 0 saturated carbocycles. The van der Waals surface area contributed by atoms with Gasteiger partial charge in [0, 0.05) is 0 Å². The number of anilines is 1. The van der Waals surface area contributed by atoms with Crippen molar-refractivity contribution < 1.29 is 9.18 Å². The van der Waals surface area contributed by atoms with Crippen LogP contribution in [0.3, 0.4) is 0 Å². The summed E-state index contributed by atoms with van der Waals surface area (Å²) in [6.45, 7) is 0. The number of benzene rings is 1. The van der Waals surface area contributed by atoms with Crippen molar-refractivity contribution in [2.24, 2.45) is 11.5 Å². The van der Waals surface area contributed by atoms with Gasteiger partial charge in [0.15, 0.2) is 0 Å². The predicted molar refractivity (Wildman–Crippen MR) is 50.4 cm³/mol. The molecule has 6 heteroatoms. The summed E-state index contributed by atoms with van der Waals surface area (Å²) in [6, 6.07) is 4.16. The molecule has 0 atom stereocenters. The molecule has 5 nitrogen and oxygen atoms in total. The molecule has 0 radical (unpaired) electrons. The number of carbonyl (C=O) groups excluding carboxylic acids is 1. The van der Waals surface area contributed by atoms with Crippen LogP contribution in [0.2, 0.25) is 0 Å². The number of halogens is 1. The van der Waals surface area contributed by atoms with Crippen LogP contribution < -0.4 is 16.4 Å². The molecule has 0 aliphatic rings. The normalized spacial score (nSPS) is 9.50. The first-order valence-electron chi connectivity index (χ1n) is 3.71. The first-order chi connectivity index (χ1) is 6.52. The molecule has 0 aliphatic carbocycles. The van der Waals surface area contributed by atoms with Gasteiger partial charge >= 0.3 is 6.03 Å². The molecule has 74 valence electrons. The zero-order valence-electron chi connectivity index (χ0n) is 7.20. The minimum atomic E-state index is -0.928. The van der Waals surface area contributed by atoms with E-state index in [-0.39, 0.29) is 5.69 Å². The molecule has 0 heterocycles. The molecular weight excluding hydrogens is 187 g/mol. The minimum Gasteiger partial charge on any atom is -0.369 e. The van der Waals surface area contributed by atoms with Crippen LogP contribution in [0.15, 0.2) is 24.3 Å². The molecule has 2 amide bonds. The van der Waals surface area contributed by atoms with Crippen LogP contribution in [0, 0.1) is 11.2 Å². The second-order valence-corrected chi connectivity index (χ2v) is 2.54. The van der Waals surface area contributed by atoms with Gasteiger partial charge in [0.05, 0.1) is 5.69 Å². The molecule has 0 unspecified atom stereocenters. The van der Waals surface area contributed by atoms with E-state index in [0.717, 1.165) is 6.07 Å². The van der Waals surface area contributed by atoms with Crippen molar-refractivity contribution in [3.05, 3.63) is 30.1 Å². The first kappa shape index (κ1) is 9.97. The van der Waals surface area contributed by atoms with E-state index in [1.807, 2.05) is 0 Å². The zero-order chi connectivity index (χ0) is 10.7. The van der Waals surface area contributed by atoms with Crippen LogP contribution in [0.5, 0.6) is 0 Å². The topological polar surface area (TPSA) is 96.2 Å². The molecule has 1 aromatic carbocycles. The van der Waals surface area contributed by atoms with Crippen LogP contribution in [0.4, 0.5) is 14.9 Å². The van der Waals surface area contributed by atoms with Crippen molar-refractivity contribution in [3.8, 4) is 0 Å². The average Bonchev–Trinajstić information content (AvgIpc) is 2.02. The van der Waals surface area contributed by atoms with E-state index in [0.29, 0.717) is 4.90 Å². The molecule has 14 heavy (non-hydrogen) atoms. The maximum absolute atomic E-state index is 12.8. The molecule has 1 aromatic rings. The van der Waals surface area contributed by atoms with Gasteiger partial charge < -0.3 is 11.5 Å². The number of guanidine groups is 1. The number of amides is 2. The van der Waals surface area contributed by atoms with Crippen molar-refractivity contribution in [2.75, 3.05) is 4.90 Å². The number of hydrogen-bond donors (Lipinski definition) is 3. The largest absolute Gasteiger partial charge is 0.369 e. The van der Waals surface area contributed by atoms with Gasteiger partial charge in [-0.3, -0.25) is 5.41 Å². The van der Waals surface area contributed by atoms with Crippen molar-refractivity contribution in [2.45, 2.75) is 0 Å². The molecule has 0 aromatic heterocycles. The van der Waals surface area contributed by atoms with Gasteiger partial charge in [0.25, 0.3) is 0 Å². The van der Waals surface area contributed by atoms with Crippen LogP contribution in [0.25, 0.3) is 0 Å². The first-order valence-corrected chi connectivity index (χ1v) is 3.71. The van der Waals surface area contributed by atoms with E-state index in [2.05, 4.69) is 0 Å². The van der Waals surface area contributed by atoms with Gasteiger partial charge in [-0.2, -0.15) is 0 Å². The highest BCUT2D eigenvalue weighted by Gasteiger charge is 2.15. The Balaban J connectivity index is 3.12. The van der Waals surface area contributed by atoms with Gasteiger partial charge in [0.1, 0.15) is 5.82 Å². The Morgan fingerprint density at radius 1 is 1.43 bits per heavy atom. The highest BCUT2D eigenvalue weighted by Crippen LogP contribution is 2.14. The quantitative estimate of drug-likeness (QED) is 0.453. The lowest BCUT2D eigenvalue weighted by Gasteiger charge is -2.17. The van der Waals surface area contributed by atoms with Crippen molar-refractivity contribution in [1.29, 1.82) is 5.41 Å². The Kier molecular flexibility index (Phi) is 2.66. The van der Waals surface area contributed by atoms with Crippen LogP contribution in [0.1, 0.15) is 0 Å². The van der Waals surface area contributed by atoms with Gasteiger partial charge in [-0.15, -0.1) is 0 Å². The standard InChI is InChI=1S/C8H9FN4O/c9-5-2-1-3-6(4-5)13(7(10)11)8(12)14/h1-4H,(H3,10,11)(H2,12,14). The number of carbonyl (C=O) groups is 1. The Bertz CT molecular complexity index is 365. The van der Waals surface area contributed by atoms with E-state index in [1.165, 1.54) is 18.2 Å². The summed E-state index contributed by atoms with van der Waals surface area (Å²) >= 11 is 0. The van der Waals surface area contributed by atoms with Gasteiger partial charge in [-0.1, -0.05) is 6.07 Å². The summed E-state index contributed by atoms with van der Waals surface area (Å²) in [6.07, 6.45) is 0. The molecule has 0 saturated heterocycles. The van der Waals surface area contributed by atoms with Crippen LogP contribution >= 0.6 is 0 Å². The fourth-order valence-electron chi connectivity index (χ4n) is 1.00. The number of hydrogen-bond acceptors (Lipinski definition) is 2. The van der Waals surface area contributed by atoms with E-state index in [9.17, 15) is 9.18 Å². The lowest BCUT2D eigenvalue weighted by molar-refractivity contribution is 0.256. The summed E-state index contributed by atoms with van der Waals surface area (Å²) in [5.74, 6) is -1.09. The second kappa shape index (κ2) is 3.73.